The molecule has 1 aromatic carbocycles. The topological polar surface area (TPSA) is 202 Å². The van der Waals surface area contributed by atoms with Crippen molar-refractivity contribution < 1.29 is 51.8 Å². The lowest BCUT2D eigenvalue weighted by Gasteiger charge is -2.34. The van der Waals surface area contributed by atoms with Crippen LogP contribution in [-0.2, 0) is 35.0 Å². The smallest absolute Gasteiger partial charge is 0.419 e. The second kappa shape index (κ2) is 27.0. The summed E-state index contributed by atoms with van der Waals surface area (Å²) in [7, 11) is 1.49. The number of hydrogen-bond donors (Lipinski definition) is 4. The molecule has 0 bridgehead atoms. The molecule has 0 spiro atoms. The quantitative estimate of drug-likeness (QED) is 0.0846. The number of benzene rings is 1. The molecular formula is C53H76BrClF2N8O9S. The Morgan fingerprint density at radius 1 is 0.933 bits per heavy atom. The third-order valence-electron chi connectivity index (χ3n) is 12.4. The number of rotatable bonds is 13. The van der Waals surface area contributed by atoms with Crippen molar-refractivity contribution >= 4 is 92.4 Å². The minimum Gasteiger partial charge on any atom is -0.444 e. The van der Waals surface area contributed by atoms with Gasteiger partial charge in [-0.25, -0.2) is 23.2 Å². The van der Waals surface area contributed by atoms with Crippen molar-refractivity contribution in [2.75, 3.05) is 39.8 Å². The highest BCUT2D eigenvalue weighted by Crippen LogP contribution is 2.45. The number of fused-ring (bicyclic) bond motifs is 3. The standard InChI is InChI=1S/C53H76BrClF2N8O9S/c1-51(2,3)72-48(69)59-25-16-20-38-44(66)62-39(19-13-14-26-64(31-42(56)57)49(70)73-52(4,5)6)47(68)63(10)41(27-33-30-65(50(71)74-53(7,8)9)40-21-12-11-18-34(33)40)45(67)61-29-35-36(54)22-23-37(55)43(35)75-46-32(28-60-38)17-15-24-58-46/h11-12,15,17-18,21,24,30,32,35-36,38-39,41-42,46,60H,13-14,16,19-20,22-23,25-29,31H2,1-10H3,(H,59,69)(H,61,67)(H,62,66)/t32?,35?,36?,38-,39?,41-,46?/m0/s1. The van der Waals surface area contributed by atoms with Gasteiger partial charge in [0.25, 0.3) is 6.43 Å². The minimum absolute atomic E-state index is 0.0102. The molecule has 3 heterocycles. The first-order chi connectivity index (χ1) is 35.1. The number of allylic oxidation sites excluding steroid dienone is 2. The number of para-hydroxylation sites is 1. The number of dihydropyridines is 1. The molecule has 1 fully saturated rings. The summed E-state index contributed by atoms with van der Waals surface area (Å²) < 4.78 is 45.5. The Kier molecular flexibility index (Phi) is 22.0. The number of carbonyl (C=O) groups is 6. The van der Waals surface area contributed by atoms with Crippen LogP contribution in [0.5, 0.6) is 0 Å². The van der Waals surface area contributed by atoms with E-state index >= 15 is 9.59 Å². The third-order valence-corrected chi connectivity index (χ3v) is 15.5. The summed E-state index contributed by atoms with van der Waals surface area (Å²) in [5.74, 6) is -2.18. The van der Waals surface area contributed by atoms with E-state index in [2.05, 4.69) is 37.2 Å². The number of carbonyl (C=O) groups excluding carboxylic acids is 6. The molecule has 5 rings (SSSR count). The van der Waals surface area contributed by atoms with E-state index in [9.17, 15) is 28.0 Å². The van der Waals surface area contributed by atoms with E-state index < -0.39 is 83.9 Å². The van der Waals surface area contributed by atoms with E-state index in [1.807, 2.05) is 24.3 Å². The third kappa shape index (κ3) is 18.8. The molecule has 4 N–H and O–H groups in total. The number of nitrogens with zero attached hydrogens (tertiary/aromatic N) is 4. The van der Waals surface area contributed by atoms with Crippen molar-refractivity contribution in [3.63, 3.8) is 0 Å². The number of alkyl carbamates (subject to hydrolysis) is 1. The second-order valence-electron chi connectivity index (χ2n) is 22.1. The number of alkyl halides is 3. The Hall–Kier alpha value is -4.73. The lowest BCUT2D eigenvalue weighted by molar-refractivity contribution is -0.142. The van der Waals surface area contributed by atoms with Gasteiger partial charge in [0, 0.05) is 84.0 Å². The Labute approximate surface area is 457 Å². The van der Waals surface area contributed by atoms with Crippen LogP contribution < -0.4 is 21.3 Å². The minimum atomic E-state index is -2.84. The molecule has 5 amide bonds. The number of ether oxygens (including phenoxy) is 3. The van der Waals surface area contributed by atoms with Gasteiger partial charge in [0.15, 0.2) is 0 Å². The lowest BCUT2D eigenvalue weighted by Crippen LogP contribution is -2.57. The summed E-state index contributed by atoms with van der Waals surface area (Å²) in [5.41, 5.74) is -1.39. The summed E-state index contributed by atoms with van der Waals surface area (Å²) in [6, 6.07) is 3.80. The molecule has 5 unspecified atom stereocenters. The van der Waals surface area contributed by atoms with Gasteiger partial charge in [-0.05, 0) is 125 Å². The summed E-state index contributed by atoms with van der Waals surface area (Å²) in [5, 5.41) is 13.2. The molecule has 1 aromatic heterocycles. The van der Waals surface area contributed by atoms with Gasteiger partial charge in [-0.15, -0.1) is 11.8 Å². The van der Waals surface area contributed by atoms with Crippen LogP contribution in [0.3, 0.4) is 0 Å². The maximum absolute atomic E-state index is 15.2. The van der Waals surface area contributed by atoms with Gasteiger partial charge in [-0.3, -0.25) is 23.9 Å². The van der Waals surface area contributed by atoms with Gasteiger partial charge in [0.2, 0.25) is 17.7 Å². The van der Waals surface area contributed by atoms with E-state index in [1.165, 1.54) is 28.3 Å². The summed E-state index contributed by atoms with van der Waals surface area (Å²) in [4.78, 5) is 92.1. The Balaban J connectivity index is 1.56. The first kappa shape index (κ1) is 61.1. The lowest BCUT2D eigenvalue weighted by atomic mass is 9.94. The summed E-state index contributed by atoms with van der Waals surface area (Å²) >= 11 is 12.5. The predicted octanol–water partition coefficient (Wildman–Crippen LogP) is 9.28. The Morgan fingerprint density at radius 2 is 1.61 bits per heavy atom. The zero-order valence-corrected chi connectivity index (χ0v) is 48.0. The van der Waals surface area contributed by atoms with E-state index in [4.69, 9.17) is 30.8 Å². The fraction of sp³-hybridized carbons (Fsp3) is 0.642. The van der Waals surface area contributed by atoms with Crippen LogP contribution in [0.1, 0.15) is 113 Å². The average molecular weight is 1150 g/mol. The fourth-order valence-electron chi connectivity index (χ4n) is 8.84. The zero-order valence-electron chi connectivity index (χ0n) is 44.8. The van der Waals surface area contributed by atoms with Crippen molar-refractivity contribution in [2.45, 2.75) is 165 Å². The van der Waals surface area contributed by atoms with Crippen LogP contribution in [-0.4, -0.2) is 148 Å². The number of likely N-dealkylation sites (N-methyl/N-ethyl adjacent to an activating group) is 1. The van der Waals surface area contributed by atoms with Gasteiger partial charge >= 0.3 is 18.3 Å². The van der Waals surface area contributed by atoms with Crippen LogP contribution in [0.25, 0.3) is 10.9 Å². The normalized spacial score (nSPS) is 23.5. The molecule has 0 radical (unpaired) electrons. The van der Waals surface area contributed by atoms with E-state index in [1.54, 1.807) is 86.9 Å². The number of halogens is 4. The van der Waals surface area contributed by atoms with Crippen molar-refractivity contribution in [1.29, 1.82) is 0 Å². The van der Waals surface area contributed by atoms with E-state index in [0.29, 0.717) is 40.8 Å². The van der Waals surface area contributed by atoms with Gasteiger partial charge in [-0.2, -0.15) is 0 Å². The Bertz CT molecular complexity index is 2440. The second-order valence-corrected chi connectivity index (χ2v) is 24.9. The van der Waals surface area contributed by atoms with Gasteiger partial charge in [-0.1, -0.05) is 51.8 Å². The van der Waals surface area contributed by atoms with Crippen LogP contribution >= 0.6 is 39.3 Å². The monoisotopic (exact) mass is 1150 g/mol. The number of aliphatic imine (C=N–C) groups is 1. The number of nitrogens with one attached hydrogen (secondary N) is 4. The molecule has 1 saturated heterocycles. The molecule has 17 nitrogen and oxygen atoms in total. The maximum Gasteiger partial charge on any atom is 0.419 e. The largest absolute Gasteiger partial charge is 0.444 e. The molecule has 3 aliphatic rings. The highest BCUT2D eigenvalue weighted by molar-refractivity contribution is 9.09. The number of thioether (sulfide) groups is 1. The molecular weight excluding hydrogens is 1080 g/mol. The van der Waals surface area contributed by atoms with Gasteiger partial charge in [0.05, 0.1) is 18.1 Å². The molecule has 22 heteroatoms. The Morgan fingerprint density at radius 3 is 2.29 bits per heavy atom. The van der Waals surface area contributed by atoms with Crippen molar-refractivity contribution in [3.8, 4) is 0 Å². The van der Waals surface area contributed by atoms with E-state index in [-0.39, 0.29) is 80.3 Å². The summed E-state index contributed by atoms with van der Waals surface area (Å²) in [6.45, 7) is 15.1. The number of unbranched alkanes of at least 4 members (excludes halogenated alkanes) is 1. The number of aromatic nitrogens is 1. The molecule has 416 valence electrons. The first-order valence-electron chi connectivity index (χ1n) is 25.6. The average Bonchev–Trinajstić information content (AvgIpc) is 3.68. The zero-order chi connectivity index (χ0) is 55.4. The fourth-order valence-corrected chi connectivity index (χ4v) is 11.5. The van der Waals surface area contributed by atoms with Crippen molar-refractivity contribution in [2.24, 2.45) is 16.8 Å². The van der Waals surface area contributed by atoms with Crippen LogP contribution in [0, 0.1) is 11.8 Å². The highest BCUT2D eigenvalue weighted by atomic mass is 79.9. The van der Waals surface area contributed by atoms with Crippen molar-refractivity contribution in [1.82, 2.24) is 35.6 Å². The predicted molar refractivity (Wildman–Crippen MR) is 293 cm³/mol. The molecule has 7 atom stereocenters. The molecule has 1 aliphatic carbocycles. The highest BCUT2D eigenvalue weighted by Gasteiger charge is 2.39. The summed E-state index contributed by atoms with van der Waals surface area (Å²) in [6.07, 6.45) is 4.30. The van der Waals surface area contributed by atoms with Gasteiger partial charge in [0.1, 0.15) is 34.3 Å². The van der Waals surface area contributed by atoms with Crippen molar-refractivity contribution in [3.05, 3.63) is 58.1 Å². The van der Waals surface area contributed by atoms with E-state index in [0.717, 1.165) is 9.81 Å². The molecule has 2 aromatic rings. The molecule has 0 saturated carbocycles. The molecule has 75 heavy (non-hydrogen) atoms. The molecule has 2 aliphatic heterocycles. The van der Waals surface area contributed by atoms with Gasteiger partial charge < -0.3 is 45.3 Å². The van der Waals surface area contributed by atoms with Crippen LogP contribution in [0.4, 0.5) is 23.2 Å². The first-order valence-corrected chi connectivity index (χ1v) is 27.8. The number of hydrogen-bond acceptors (Lipinski definition) is 12. The SMILES string of the molecule is CN1C(=O)C(CCCCN(CC(F)F)C(=O)OC(C)(C)C)NC(=O)[C@H](CCCNC(=O)OC(C)(C)C)NCC2C=CC=NC2SC2=C(Cl)CCC(Br)C2CNC(=O)[C@@H]1Cc1cn(C(=O)OC(C)(C)C)c2ccccc12. The number of amides is 5. The van der Waals surface area contributed by atoms with Crippen LogP contribution in [0.2, 0.25) is 0 Å². The maximum atomic E-state index is 15.2. The van der Waals surface area contributed by atoms with Crippen LogP contribution in [0.15, 0.2) is 57.5 Å².